The molecular formula is C19H20N2O7S. The van der Waals surface area contributed by atoms with Crippen molar-refractivity contribution in [3.8, 4) is 5.75 Å². The van der Waals surface area contributed by atoms with E-state index in [-0.39, 0.29) is 16.2 Å². The van der Waals surface area contributed by atoms with E-state index in [9.17, 15) is 22.8 Å². The summed E-state index contributed by atoms with van der Waals surface area (Å²) in [6.45, 7) is 0.526. The van der Waals surface area contributed by atoms with Crippen LogP contribution in [-0.2, 0) is 24.3 Å². The molecule has 0 aliphatic rings. The van der Waals surface area contributed by atoms with Crippen LogP contribution in [0, 0.1) is 0 Å². The fraction of sp³-hybridized carbons (Fsp3) is 0.211. The van der Waals surface area contributed by atoms with Crippen LogP contribution in [0.25, 0.3) is 0 Å². The number of hydrogen-bond acceptors (Lipinski definition) is 7. The van der Waals surface area contributed by atoms with Crippen LogP contribution in [0.4, 0.5) is 0 Å². The lowest BCUT2D eigenvalue weighted by Gasteiger charge is -2.14. The molecule has 2 rings (SSSR count). The molecule has 0 spiro atoms. The number of esters is 1. The van der Waals surface area contributed by atoms with E-state index in [1.165, 1.54) is 32.2 Å². The summed E-state index contributed by atoms with van der Waals surface area (Å²) in [5.74, 6) is -2.28. The van der Waals surface area contributed by atoms with E-state index >= 15 is 0 Å². The molecule has 0 unspecified atom stereocenters. The van der Waals surface area contributed by atoms with Gasteiger partial charge in [0.2, 0.25) is 10.0 Å². The van der Waals surface area contributed by atoms with Gasteiger partial charge in [-0.3, -0.25) is 19.7 Å². The van der Waals surface area contributed by atoms with E-state index < -0.39 is 40.5 Å². The van der Waals surface area contributed by atoms with Crippen LogP contribution >= 0.6 is 0 Å². The number of rotatable bonds is 8. The van der Waals surface area contributed by atoms with Crippen molar-refractivity contribution >= 4 is 27.8 Å². The number of amides is 2. The van der Waals surface area contributed by atoms with E-state index in [1.807, 2.05) is 0 Å². The van der Waals surface area contributed by atoms with Crippen LogP contribution in [0.5, 0.6) is 5.75 Å². The Morgan fingerprint density at radius 3 is 2.28 bits per heavy atom. The van der Waals surface area contributed by atoms with Crippen molar-refractivity contribution in [3.63, 3.8) is 0 Å². The highest BCUT2D eigenvalue weighted by Gasteiger charge is 2.24. The summed E-state index contributed by atoms with van der Waals surface area (Å²) in [7, 11) is -2.54. The number of carbonyl (C=O) groups excluding carboxylic acids is 3. The fourth-order valence-electron chi connectivity index (χ4n) is 2.27. The molecule has 29 heavy (non-hydrogen) atoms. The summed E-state index contributed by atoms with van der Waals surface area (Å²) < 4.78 is 36.4. The van der Waals surface area contributed by atoms with E-state index in [2.05, 4.69) is 10.0 Å². The maximum atomic E-state index is 12.2. The number of sulfonamides is 1. The second-order valence-corrected chi connectivity index (χ2v) is 7.56. The smallest absolute Gasteiger partial charge is 0.324 e. The molecule has 0 bridgehead atoms. The van der Waals surface area contributed by atoms with Crippen molar-refractivity contribution in [1.29, 1.82) is 0 Å². The van der Waals surface area contributed by atoms with Crippen molar-refractivity contribution in [2.24, 2.45) is 0 Å². The third-order valence-corrected chi connectivity index (χ3v) is 5.25. The molecule has 2 aromatic rings. The molecule has 0 aliphatic carbocycles. The molecule has 0 heterocycles. The molecule has 9 nitrogen and oxygen atoms in total. The van der Waals surface area contributed by atoms with Gasteiger partial charge in [0.25, 0.3) is 11.8 Å². The quantitative estimate of drug-likeness (QED) is 0.606. The lowest BCUT2D eigenvalue weighted by atomic mass is 10.2. The van der Waals surface area contributed by atoms with Gasteiger partial charge >= 0.3 is 5.97 Å². The molecule has 0 aromatic heterocycles. The van der Waals surface area contributed by atoms with Gasteiger partial charge in [-0.25, -0.2) is 8.42 Å². The molecule has 154 valence electrons. The molecular weight excluding hydrogens is 400 g/mol. The van der Waals surface area contributed by atoms with E-state index in [0.717, 1.165) is 0 Å². The third kappa shape index (κ3) is 6.13. The lowest BCUT2D eigenvalue weighted by Crippen LogP contribution is -2.41. The van der Waals surface area contributed by atoms with E-state index in [1.54, 1.807) is 36.4 Å². The molecule has 0 fully saturated rings. The molecule has 2 N–H and O–H groups in total. The topological polar surface area (TPSA) is 128 Å². The SMILES string of the molecule is COc1ccccc1C(=O)NC(=O)COC(=O)[C@H](C)NS(=O)(=O)c1ccccc1. The normalized spacial score (nSPS) is 11.9. The number of carbonyl (C=O) groups is 3. The number of para-hydroxylation sites is 1. The van der Waals surface area contributed by atoms with Gasteiger partial charge in [0.1, 0.15) is 11.8 Å². The Morgan fingerprint density at radius 2 is 1.62 bits per heavy atom. The van der Waals surface area contributed by atoms with E-state index in [4.69, 9.17) is 9.47 Å². The maximum Gasteiger partial charge on any atom is 0.324 e. The van der Waals surface area contributed by atoms with Crippen LogP contribution in [0.2, 0.25) is 0 Å². The molecule has 1 atom stereocenters. The van der Waals surface area contributed by atoms with Crippen LogP contribution in [-0.4, -0.2) is 46.0 Å². The Morgan fingerprint density at radius 1 is 1.00 bits per heavy atom. The molecule has 10 heteroatoms. The summed E-state index contributed by atoms with van der Waals surface area (Å²) in [6.07, 6.45) is 0. The Kier molecular flexibility index (Phi) is 7.46. The summed E-state index contributed by atoms with van der Waals surface area (Å²) in [5.41, 5.74) is 0.138. The number of ether oxygens (including phenoxy) is 2. The third-order valence-electron chi connectivity index (χ3n) is 3.69. The second-order valence-electron chi connectivity index (χ2n) is 5.84. The summed E-state index contributed by atoms with van der Waals surface area (Å²) in [5, 5.41) is 2.07. The molecule has 2 amide bonds. The molecule has 0 radical (unpaired) electrons. The summed E-state index contributed by atoms with van der Waals surface area (Å²) in [4.78, 5) is 35.9. The van der Waals surface area contributed by atoms with Crippen LogP contribution in [0.3, 0.4) is 0 Å². The first-order valence-electron chi connectivity index (χ1n) is 8.46. The first-order valence-corrected chi connectivity index (χ1v) is 9.94. The first-order chi connectivity index (χ1) is 13.7. The Balaban J connectivity index is 1.88. The molecule has 2 aromatic carbocycles. The zero-order chi connectivity index (χ0) is 21.4. The predicted octanol–water partition coefficient (Wildman–Crippen LogP) is 0.862. The minimum absolute atomic E-state index is 0.0141. The Bertz CT molecular complexity index is 991. The van der Waals surface area contributed by atoms with Gasteiger partial charge in [0, 0.05) is 0 Å². The number of nitrogens with one attached hydrogen (secondary N) is 2. The van der Waals surface area contributed by atoms with Crippen LogP contribution < -0.4 is 14.8 Å². The van der Waals surface area contributed by atoms with Crippen molar-refractivity contribution in [3.05, 3.63) is 60.2 Å². The van der Waals surface area contributed by atoms with Crippen molar-refractivity contribution in [2.45, 2.75) is 17.9 Å². The largest absolute Gasteiger partial charge is 0.496 e. The lowest BCUT2D eigenvalue weighted by molar-refractivity contribution is -0.149. The van der Waals surface area contributed by atoms with Crippen LogP contribution in [0.1, 0.15) is 17.3 Å². The Labute approximate surface area is 168 Å². The number of imide groups is 1. The first kappa shape index (κ1) is 22.1. The molecule has 0 aliphatic heterocycles. The molecule has 0 saturated carbocycles. The highest BCUT2D eigenvalue weighted by molar-refractivity contribution is 7.89. The Hall–Kier alpha value is -3.24. The zero-order valence-electron chi connectivity index (χ0n) is 15.7. The standard InChI is InChI=1S/C19H20N2O7S/c1-13(21-29(25,26)14-8-4-3-5-9-14)19(24)28-12-17(22)20-18(23)15-10-6-7-11-16(15)27-2/h3-11,13,21H,12H2,1-2H3,(H,20,22,23)/t13-/m0/s1. The highest BCUT2D eigenvalue weighted by atomic mass is 32.2. The second kappa shape index (κ2) is 9.80. The van der Waals surface area contributed by atoms with Crippen molar-refractivity contribution in [2.75, 3.05) is 13.7 Å². The maximum absolute atomic E-state index is 12.2. The average molecular weight is 420 g/mol. The van der Waals surface area contributed by atoms with Gasteiger partial charge in [-0.1, -0.05) is 30.3 Å². The van der Waals surface area contributed by atoms with Gasteiger partial charge < -0.3 is 9.47 Å². The van der Waals surface area contributed by atoms with Gasteiger partial charge in [-0.15, -0.1) is 0 Å². The zero-order valence-corrected chi connectivity index (χ0v) is 16.6. The van der Waals surface area contributed by atoms with Crippen molar-refractivity contribution in [1.82, 2.24) is 10.0 Å². The number of methoxy groups -OCH3 is 1. The van der Waals surface area contributed by atoms with Gasteiger partial charge in [-0.05, 0) is 31.2 Å². The predicted molar refractivity (Wildman–Crippen MR) is 103 cm³/mol. The monoisotopic (exact) mass is 420 g/mol. The molecule has 0 saturated heterocycles. The van der Waals surface area contributed by atoms with E-state index in [0.29, 0.717) is 0 Å². The van der Waals surface area contributed by atoms with Gasteiger partial charge in [-0.2, -0.15) is 4.72 Å². The minimum atomic E-state index is -3.93. The van der Waals surface area contributed by atoms with Gasteiger partial charge in [0.05, 0.1) is 17.6 Å². The number of benzene rings is 2. The summed E-state index contributed by atoms with van der Waals surface area (Å²) >= 11 is 0. The fourth-order valence-corrected chi connectivity index (χ4v) is 3.49. The summed E-state index contributed by atoms with van der Waals surface area (Å²) in [6, 6.07) is 12.5. The van der Waals surface area contributed by atoms with Crippen molar-refractivity contribution < 1.29 is 32.3 Å². The number of hydrogen-bond donors (Lipinski definition) is 2. The minimum Gasteiger partial charge on any atom is -0.496 e. The van der Waals surface area contributed by atoms with Crippen LogP contribution in [0.15, 0.2) is 59.5 Å². The van der Waals surface area contributed by atoms with Gasteiger partial charge in [0.15, 0.2) is 6.61 Å². The average Bonchev–Trinajstić information content (AvgIpc) is 2.72. The highest BCUT2D eigenvalue weighted by Crippen LogP contribution is 2.16.